The van der Waals surface area contributed by atoms with E-state index >= 15 is 0 Å². The molecule has 8 nitrogen and oxygen atoms in total. The highest BCUT2D eigenvalue weighted by molar-refractivity contribution is 5.70. The summed E-state index contributed by atoms with van der Waals surface area (Å²) < 4.78 is 24.6. The van der Waals surface area contributed by atoms with Crippen molar-refractivity contribution in [1.29, 1.82) is 0 Å². The first-order valence-electron chi connectivity index (χ1n) is 24.9. The lowest BCUT2D eigenvalue weighted by atomic mass is 10.0. The molecule has 0 amide bonds. The van der Waals surface area contributed by atoms with Crippen molar-refractivity contribution in [1.82, 2.24) is 9.47 Å². The van der Waals surface area contributed by atoms with Crippen LogP contribution in [0, 0.1) is 0 Å². The summed E-state index contributed by atoms with van der Waals surface area (Å²) in [6, 6.07) is 4.39. The molecule has 0 spiro atoms. The normalized spacial score (nSPS) is 12.1. The van der Waals surface area contributed by atoms with E-state index in [-0.39, 0.29) is 25.2 Å². The molecule has 340 valence electrons. The van der Waals surface area contributed by atoms with E-state index in [4.69, 9.17) is 18.9 Å². The molecule has 1 heterocycles. The van der Waals surface area contributed by atoms with Crippen LogP contribution in [0.2, 0.25) is 0 Å². The highest BCUT2D eigenvalue weighted by Gasteiger charge is 2.14. The first-order chi connectivity index (χ1) is 28.6. The minimum Gasteiger partial charge on any atom is -0.463 e. The number of nitrogens with zero attached hydrogens (tertiary/aromatic N) is 2. The largest absolute Gasteiger partial charge is 0.463 e. The summed E-state index contributed by atoms with van der Waals surface area (Å²) in [6.07, 6.45) is 43.3. The van der Waals surface area contributed by atoms with Crippen molar-refractivity contribution in [2.45, 2.75) is 226 Å². The van der Waals surface area contributed by atoms with Gasteiger partial charge in [-0.3, -0.25) is 9.59 Å². The molecule has 0 aliphatic carbocycles. The molecule has 0 bridgehead atoms. The molecule has 1 aromatic heterocycles. The number of aromatic nitrogens is 1. The van der Waals surface area contributed by atoms with Gasteiger partial charge in [0.1, 0.15) is 13.2 Å². The monoisotopic (exact) mass is 819 g/mol. The van der Waals surface area contributed by atoms with Crippen molar-refractivity contribution in [3.05, 3.63) is 24.5 Å². The van der Waals surface area contributed by atoms with E-state index in [1.807, 2.05) is 12.1 Å². The average Bonchev–Trinajstić information content (AvgIpc) is 3.78. The Hall–Kier alpha value is -1.90. The number of carbonyl (C=O) groups is 2. The molecule has 0 saturated heterocycles. The lowest BCUT2D eigenvalue weighted by Crippen LogP contribution is -2.32. The summed E-state index contributed by atoms with van der Waals surface area (Å²) in [6.45, 7) is 11.5. The summed E-state index contributed by atoms with van der Waals surface area (Å²) in [4.78, 5) is 27.3. The number of rotatable bonds is 46. The standard InChI is InChI=1S/C50H94N2O6/c1-4-6-8-10-12-14-16-18-20-22-24-26-28-32-42-55-44-46-57-49(53)35-40-51(39-34-48(3)52-37-30-31-38-52)41-36-50(54)58-47-45-56-43-33-29-27-25-23-21-19-17-15-13-11-9-7-5-2/h30-31,37-38,48H,4-29,32-36,39-47H2,1-3H3. The summed E-state index contributed by atoms with van der Waals surface area (Å²) in [5.74, 6) is -0.441. The van der Waals surface area contributed by atoms with Gasteiger partial charge in [0, 0.05) is 51.3 Å². The van der Waals surface area contributed by atoms with Crippen molar-refractivity contribution >= 4 is 11.9 Å². The maximum Gasteiger partial charge on any atom is 0.307 e. The number of hydrogen-bond donors (Lipinski definition) is 0. The van der Waals surface area contributed by atoms with E-state index in [9.17, 15) is 9.59 Å². The van der Waals surface area contributed by atoms with Gasteiger partial charge in [0.25, 0.3) is 0 Å². The molecular formula is C50H94N2O6. The lowest BCUT2D eigenvalue weighted by molar-refractivity contribution is -0.145. The van der Waals surface area contributed by atoms with Crippen molar-refractivity contribution in [3.8, 4) is 0 Å². The van der Waals surface area contributed by atoms with Gasteiger partial charge in [0.05, 0.1) is 26.1 Å². The fourth-order valence-corrected chi connectivity index (χ4v) is 7.57. The van der Waals surface area contributed by atoms with Crippen LogP contribution in [0.3, 0.4) is 0 Å². The lowest BCUT2D eigenvalue weighted by Gasteiger charge is -2.24. The number of carbonyl (C=O) groups excluding carboxylic acids is 2. The van der Waals surface area contributed by atoms with Gasteiger partial charge in [0.2, 0.25) is 0 Å². The third-order valence-electron chi connectivity index (χ3n) is 11.5. The second-order valence-corrected chi connectivity index (χ2v) is 17.0. The summed E-state index contributed by atoms with van der Waals surface area (Å²) in [5.41, 5.74) is 0. The van der Waals surface area contributed by atoms with E-state index in [0.29, 0.717) is 45.2 Å². The topological polar surface area (TPSA) is 79.2 Å². The Balaban J connectivity index is 2.08. The number of hydrogen-bond acceptors (Lipinski definition) is 7. The van der Waals surface area contributed by atoms with Crippen molar-refractivity contribution < 1.29 is 28.5 Å². The van der Waals surface area contributed by atoms with Crippen LogP contribution in [0.15, 0.2) is 24.5 Å². The SMILES string of the molecule is CCCCCCCCCCCCCCCCOCCOC(=O)CCN(CCC(=O)OCCOCCCCCCCCCCCCCCCC)CCC(C)n1cccc1. The Morgan fingerprint density at radius 2 is 0.776 bits per heavy atom. The molecule has 0 radical (unpaired) electrons. The Morgan fingerprint density at radius 1 is 0.448 bits per heavy atom. The second-order valence-electron chi connectivity index (χ2n) is 17.0. The van der Waals surface area contributed by atoms with E-state index < -0.39 is 0 Å². The van der Waals surface area contributed by atoms with E-state index in [1.165, 1.54) is 167 Å². The smallest absolute Gasteiger partial charge is 0.307 e. The molecule has 1 rings (SSSR count). The van der Waals surface area contributed by atoms with Crippen LogP contribution in [0.4, 0.5) is 0 Å². The van der Waals surface area contributed by atoms with Crippen molar-refractivity contribution in [2.24, 2.45) is 0 Å². The molecule has 0 saturated carbocycles. The van der Waals surface area contributed by atoms with E-state index in [0.717, 1.165) is 39.0 Å². The number of ether oxygens (including phenoxy) is 4. The van der Waals surface area contributed by atoms with Crippen LogP contribution in [0.1, 0.15) is 226 Å². The summed E-state index contributed by atoms with van der Waals surface area (Å²) >= 11 is 0. The van der Waals surface area contributed by atoms with Gasteiger partial charge in [-0.2, -0.15) is 0 Å². The van der Waals surface area contributed by atoms with Crippen LogP contribution in [-0.2, 0) is 28.5 Å². The van der Waals surface area contributed by atoms with Crippen LogP contribution in [0.25, 0.3) is 0 Å². The fraction of sp³-hybridized carbons (Fsp3) is 0.880. The third kappa shape index (κ3) is 37.1. The molecule has 1 aromatic rings. The predicted molar refractivity (Wildman–Crippen MR) is 244 cm³/mol. The minimum atomic E-state index is -0.220. The second kappa shape index (κ2) is 43.2. The zero-order valence-electron chi connectivity index (χ0n) is 38.5. The van der Waals surface area contributed by atoms with Crippen LogP contribution < -0.4 is 0 Å². The highest BCUT2D eigenvalue weighted by Crippen LogP contribution is 2.15. The quantitative estimate of drug-likeness (QED) is 0.0479. The van der Waals surface area contributed by atoms with Gasteiger partial charge in [-0.25, -0.2) is 0 Å². The number of unbranched alkanes of at least 4 members (excludes halogenated alkanes) is 26. The Bertz CT molecular complexity index is 933. The number of esters is 2. The van der Waals surface area contributed by atoms with Crippen LogP contribution >= 0.6 is 0 Å². The molecule has 0 fully saturated rings. The molecule has 1 atom stereocenters. The van der Waals surface area contributed by atoms with Gasteiger partial charge in [-0.1, -0.05) is 181 Å². The summed E-state index contributed by atoms with van der Waals surface area (Å²) in [7, 11) is 0. The van der Waals surface area contributed by atoms with E-state index in [1.54, 1.807) is 0 Å². The first-order valence-corrected chi connectivity index (χ1v) is 24.9. The Labute approximate surface area is 358 Å². The zero-order chi connectivity index (χ0) is 41.8. The third-order valence-corrected chi connectivity index (χ3v) is 11.5. The van der Waals surface area contributed by atoms with Gasteiger partial charge in [-0.05, 0) is 38.3 Å². The molecule has 0 aliphatic heterocycles. The molecule has 0 N–H and O–H groups in total. The Kier molecular flexibility index (Phi) is 40.3. The van der Waals surface area contributed by atoms with Gasteiger partial charge in [-0.15, -0.1) is 0 Å². The van der Waals surface area contributed by atoms with Gasteiger partial charge >= 0.3 is 11.9 Å². The molecular weight excluding hydrogens is 725 g/mol. The first kappa shape index (κ1) is 54.1. The maximum atomic E-state index is 12.6. The molecule has 8 heteroatoms. The van der Waals surface area contributed by atoms with Gasteiger partial charge in [0.15, 0.2) is 0 Å². The van der Waals surface area contributed by atoms with E-state index in [2.05, 4.69) is 42.6 Å². The molecule has 0 aliphatic rings. The fourth-order valence-electron chi connectivity index (χ4n) is 7.57. The summed E-state index contributed by atoms with van der Waals surface area (Å²) in [5, 5.41) is 0. The molecule has 1 unspecified atom stereocenters. The highest BCUT2D eigenvalue weighted by atomic mass is 16.6. The molecule has 0 aromatic carbocycles. The van der Waals surface area contributed by atoms with Crippen molar-refractivity contribution in [2.75, 3.05) is 59.3 Å². The Morgan fingerprint density at radius 3 is 1.12 bits per heavy atom. The van der Waals surface area contributed by atoms with Crippen molar-refractivity contribution in [3.63, 3.8) is 0 Å². The average molecular weight is 819 g/mol. The van der Waals surface area contributed by atoms with Crippen LogP contribution in [0.5, 0.6) is 0 Å². The van der Waals surface area contributed by atoms with Gasteiger partial charge < -0.3 is 28.4 Å². The minimum absolute atomic E-state index is 0.220. The zero-order valence-corrected chi connectivity index (χ0v) is 38.5. The predicted octanol–water partition coefficient (Wildman–Crippen LogP) is 13.6. The molecule has 58 heavy (non-hydrogen) atoms. The van der Waals surface area contributed by atoms with Crippen LogP contribution in [-0.4, -0.2) is 80.7 Å². The maximum absolute atomic E-state index is 12.6.